The number of fused-ring (bicyclic) bond motifs is 1. The molecule has 2 rings (SSSR count). The van der Waals surface area contributed by atoms with Crippen molar-refractivity contribution in [2.45, 2.75) is 69.7 Å². The van der Waals surface area contributed by atoms with Crippen LogP contribution in [0.4, 0.5) is 4.79 Å². The summed E-state index contributed by atoms with van der Waals surface area (Å²) in [6.07, 6.45) is 0.839. The van der Waals surface area contributed by atoms with Gasteiger partial charge in [0.25, 0.3) is 0 Å². The molecule has 0 aromatic carbocycles. The van der Waals surface area contributed by atoms with Crippen molar-refractivity contribution in [2.24, 2.45) is 5.92 Å². The minimum absolute atomic E-state index is 0.172. The second-order valence-corrected chi connectivity index (χ2v) is 8.55. The van der Waals surface area contributed by atoms with Gasteiger partial charge in [0.1, 0.15) is 25.5 Å². The van der Waals surface area contributed by atoms with Gasteiger partial charge in [0.05, 0.1) is 13.1 Å². The van der Waals surface area contributed by atoms with Gasteiger partial charge in [0.2, 0.25) is 11.8 Å². The van der Waals surface area contributed by atoms with Crippen molar-refractivity contribution in [1.82, 2.24) is 15.5 Å². The second-order valence-electron chi connectivity index (χ2n) is 8.55. The lowest BCUT2D eigenvalue weighted by Crippen LogP contribution is -2.63. The zero-order valence-corrected chi connectivity index (χ0v) is 17.6. The van der Waals surface area contributed by atoms with Crippen LogP contribution in [0.15, 0.2) is 0 Å². The molecule has 162 valence electrons. The molecular formula is C18H30BN3O7. The molecule has 0 radical (unpaired) electrons. The molecule has 2 aliphatic heterocycles. The van der Waals surface area contributed by atoms with Crippen molar-refractivity contribution in [3.05, 3.63) is 0 Å². The lowest BCUT2D eigenvalue weighted by atomic mass is 9.86. The van der Waals surface area contributed by atoms with Crippen molar-refractivity contribution in [3.63, 3.8) is 0 Å². The largest absolute Gasteiger partial charge is 0.467 e. The molecule has 0 bridgehead atoms. The number of ether oxygens (including phenoxy) is 2. The van der Waals surface area contributed by atoms with Gasteiger partial charge >= 0.3 is 12.1 Å². The Labute approximate surface area is 171 Å². The number of esters is 1. The molecule has 29 heavy (non-hydrogen) atoms. The number of nitrogens with one attached hydrogen (secondary N) is 2. The molecule has 0 saturated carbocycles. The van der Waals surface area contributed by atoms with Crippen LogP contribution in [0.5, 0.6) is 0 Å². The van der Waals surface area contributed by atoms with Gasteiger partial charge in [-0.1, -0.05) is 0 Å². The zero-order valence-electron chi connectivity index (χ0n) is 17.6. The molecule has 11 heteroatoms. The predicted molar refractivity (Wildman–Crippen MR) is 104 cm³/mol. The van der Waals surface area contributed by atoms with Crippen molar-refractivity contribution < 1.29 is 33.8 Å². The van der Waals surface area contributed by atoms with E-state index in [0.717, 1.165) is 0 Å². The van der Waals surface area contributed by atoms with Crippen LogP contribution in [0, 0.1) is 5.92 Å². The molecule has 2 heterocycles. The lowest BCUT2D eigenvalue weighted by molar-refractivity contribution is -0.157. The smallest absolute Gasteiger partial charge is 0.407 e. The first-order valence-electron chi connectivity index (χ1n) is 9.79. The number of hydrogen-bond donors (Lipinski definition) is 3. The SMILES string of the molecule is BC(NC(=O)OC(C)(C)C)C(=O)N[C@@H]1C(=O)N2C(CC[C@H]2C(=O)OC)C[C@@H]1CO. The summed E-state index contributed by atoms with van der Waals surface area (Å²) in [6, 6.07) is -1.85. The molecule has 2 saturated heterocycles. The minimum Gasteiger partial charge on any atom is -0.467 e. The maximum atomic E-state index is 13.1. The molecule has 5 atom stereocenters. The molecule has 2 unspecified atom stereocenters. The van der Waals surface area contributed by atoms with Crippen LogP contribution in [0.2, 0.25) is 0 Å². The Balaban J connectivity index is 2.07. The summed E-state index contributed by atoms with van der Waals surface area (Å²) in [5.41, 5.74) is -0.713. The third kappa shape index (κ3) is 5.40. The molecule has 0 aliphatic carbocycles. The molecule has 0 spiro atoms. The minimum atomic E-state index is -0.989. The monoisotopic (exact) mass is 411 g/mol. The number of aliphatic hydroxyl groups is 1. The van der Waals surface area contributed by atoms with Gasteiger partial charge in [-0.15, -0.1) is 0 Å². The van der Waals surface area contributed by atoms with Crippen LogP contribution in [0.25, 0.3) is 0 Å². The van der Waals surface area contributed by atoms with Crippen molar-refractivity contribution in [1.29, 1.82) is 0 Å². The third-order valence-corrected chi connectivity index (χ3v) is 5.20. The van der Waals surface area contributed by atoms with E-state index in [1.54, 1.807) is 20.8 Å². The van der Waals surface area contributed by atoms with Gasteiger partial charge in [-0.25, -0.2) is 9.59 Å². The van der Waals surface area contributed by atoms with Gasteiger partial charge in [-0.05, 0) is 40.0 Å². The van der Waals surface area contributed by atoms with E-state index in [1.807, 2.05) is 0 Å². The Kier molecular flexibility index (Phi) is 7.15. The molecule has 0 aromatic rings. The third-order valence-electron chi connectivity index (χ3n) is 5.20. The Morgan fingerprint density at radius 1 is 1.31 bits per heavy atom. The Hall–Kier alpha value is -2.30. The van der Waals surface area contributed by atoms with Gasteiger partial charge in [0, 0.05) is 18.6 Å². The molecule has 10 nitrogen and oxygen atoms in total. The summed E-state index contributed by atoms with van der Waals surface area (Å²) >= 11 is 0. The Morgan fingerprint density at radius 2 is 1.97 bits per heavy atom. The second kappa shape index (κ2) is 9.02. The van der Waals surface area contributed by atoms with Crippen LogP contribution < -0.4 is 10.6 Å². The number of methoxy groups -OCH3 is 1. The number of aliphatic hydroxyl groups excluding tert-OH is 1. The molecular weight excluding hydrogens is 381 g/mol. The summed E-state index contributed by atoms with van der Waals surface area (Å²) < 4.78 is 9.92. The van der Waals surface area contributed by atoms with E-state index in [1.165, 1.54) is 19.9 Å². The van der Waals surface area contributed by atoms with Crippen molar-refractivity contribution in [2.75, 3.05) is 13.7 Å². The van der Waals surface area contributed by atoms with Crippen LogP contribution in [-0.4, -0.2) is 85.1 Å². The highest BCUT2D eigenvalue weighted by Crippen LogP contribution is 2.35. The van der Waals surface area contributed by atoms with Crippen LogP contribution in [0.1, 0.15) is 40.0 Å². The average molecular weight is 411 g/mol. The quantitative estimate of drug-likeness (QED) is 0.370. The summed E-state index contributed by atoms with van der Waals surface area (Å²) in [5.74, 6) is -2.93. The fourth-order valence-corrected chi connectivity index (χ4v) is 3.85. The maximum absolute atomic E-state index is 13.1. The molecule has 2 fully saturated rings. The number of carbonyl (C=O) groups excluding carboxylic acids is 4. The van der Waals surface area contributed by atoms with E-state index in [2.05, 4.69) is 10.6 Å². The van der Waals surface area contributed by atoms with Crippen LogP contribution in [-0.2, 0) is 23.9 Å². The molecule has 3 N–H and O–H groups in total. The number of rotatable bonds is 5. The predicted octanol–water partition coefficient (Wildman–Crippen LogP) is -1.50. The Morgan fingerprint density at radius 3 is 2.52 bits per heavy atom. The summed E-state index contributed by atoms with van der Waals surface area (Å²) in [4.78, 5) is 51.0. The molecule has 3 amide bonds. The first-order chi connectivity index (χ1) is 13.5. The van der Waals surface area contributed by atoms with Crippen LogP contribution >= 0.6 is 0 Å². The van der Waals surface area contributed by atoms with Crippen molar-refractivity contribution in [3.8, 4) is 0 Å². The van der Waals surface area contributed by atoms with E-state index < -0.39 is 53.4 Å². The van der Waals surface area contributed by atoms with Gasteiger partial charge in [-0.2, -0.15) is 0 Å². The standard InChI is InChI=1S/C18H30BN3O7/c1-18(2,3)29-17(27)21-13(19)14(24)20-12-9(8-23)7-10-5-6-11(16(26)28-4)22(10)15(12)25/h9-13,23H,5-8,19H2,1-4H3,(H,20,24)(H,21,27)/t9-,10?,11+,12+,13?/m1/s1. The van der Waals surface area contributed by atoms with Gasteiger partial charge in [0.15, 0.2) is 0 Å². The zero-order chi connectivity index (χ0) is 21.9. The number of hydrogen-bond acceptors (Lipinski definition) is 7. The highest BCUT2D eigenvalue weighted by atomic mass is 16.6. The van der Waals surface area contributed by atoms with E-state index in [4.69, 9.17) is 9.47 Å². The molecule has 2 aliphatic rings. The lowest BCUT2D eigenvalue weighted by Gasteiger charge is -2.41. The number of carbonyl (C=O) groups is 4. The maximum Gasteiger partial charge on any atom is 0.407 e. The van der Waals surface area contributed by atoms with Crippen LogP contribution in [0.3, 0.4) is 0 Å². The van der Waals surface area contributed by atoms with E-state index in [0.29, 0.717) is 19.3 Å². The number of piperidine rings is 1. The average Bonchev–Trinajstić information content (AvgIpc) is 3.05. The van der Waals surface area contributed by atoms with E-state index >= 15 is 0 Å². The highest BCUT2D eigenvalue weighted by molar-refractivity contribution is 6.25. The topological polar surface area (TPSA) is 134 Å². The first-order valence-corrected chi connectivity index (χ1v) is 9.79. The summed E-state index contributed by atoms with van der Waals surface area (Å²) in [5, 5.41) is 14.8. The first kappa shape index (κ1) is 23.0. The normalized spacial score (nSPS) is 27.6. The van der Waals surface area contributed by atoms with E-state index in [9.17, 15) is 24.3 Å². The van der Waals surface area contributed by atoms with E-state index in [-0.39, 0.29) is 12.6 Å². The summed E-state index contributed by atoms with van der Waals surface area (Å²) in [7, 11) is 2.74. The number of nitrogens with zero attached hydrogens (tertiary/aromatic N) is 1. The number of amides is 3. The van der Waals surface area contributed by atoms with Crippen molar-refractivity contribution >= 4 is 31.7 Å². The number of alkyl carbamates (subject to hydrolysis) is 1. The fraction of sp³-hybridized carbons (Fsp3) is 0.778. The summed E-state index contributed by atoms with van der Waals surface area (Å²) in [6.45, 7) is 4.83. The van der Waals surface area contributed by atoms with Gasteiger partial charge in [-0.3, -0.25) is 9.59 Å². The molecule has 0 aromatic heterocycles. The van der Waals surface area contributed by atoms with Gasteiger partial charge < -0.3 is 30.1 Å². The fourth-order valence-electron chi connectivity index (χ4n) is 3.85. The highest BCUT2D eigenvalue weighted by Gasteiger charge is 2.50. The Bertz CT molecular complexity index is 666.